The molecule has 2 rings (SSSR count). The summed E-state index contributed by atoms with van der Waals surface area (Å²) < 4.78 is 23.3. The molecule has 0 bridgehead atoms. The van der Waals surface area contributed by atoms with Gasteiger partial charge in [-0.2, -0.15) is 0 Å². The third-order valence-corrected chi connectivity index (χ3v) is 5.79. The average Bonchev–Trinajstić information content (AvgIpc) is 2.64. The number of hydrogen-bond donors (Lipinski definition) is 2. The zero-order valence-corrected chi connectivity index (χ0v) is 17.5. The summed E-state index contributed by atoms with van der Waals surface area (Å²) in [4.78, 5) is 24.7. The topological polar surface area (TPSA) is 92.3 Å². The summed E-state index contributed by atoms with van der Waals surface area (Å²) in [5.74, 6) is -0.628. The molecule has 150 valence electrons. The van der Waals surface area contributed by atoms with E-state index >= 15 is 0 Å². The monoisotopic (exact) mass is 422 g/mol. The highest BCUT2D eigenvalue weighted by molar-refractivity contribution is 7.90. The van der Waals surface area contributed by atoms with Crippen LogP contribution in [0.25, 0.3) is 0 Å². The van der Waals surface area contributed by atoms with Crippen molar-refractivity contribution in [1.29, 1.82) is 0 Å². The molecule has 0 aliphatic rings. The van der Waals surface area contributed by atoms with Crippen LogP contribution in [0.1, 0.15) is 37.0 Å². The van der Waals surface area contributed by atoms with Crippen LogP contribution in [-0.2, 0) is 14.6 Å². The molecule has 0 saturated heterocycles. The first-order valence-corrected chi connectivity index (χ1v) is 11.1. The standard InChI is InChI=1S/C20H23ClN2O4S/c1-4-13(5-2)19(24)22-15-9-10-18(17(21)12-15)23-20(25)14-7-6-8-16(11-14)28(3,26)27/h6-13H,4-5H2,1-3H3,(H,22,24)(H,23,25). The Morgan fingerprint density at radius 3 is 2.29 bits per heavy atom. The maximum atomic E-state index is 12.4. The summed E-state index contributed by atoms with van der Waals surface area (Å²) in [7, 11) is -3.41. The molecule has 0 atom stereocenters. The van der Waals surface area contributed by atoms with E-state index in [-0.39, 0.29) is 27.3 Å². The highest BCUT2D eigenvalue weighted by Crippen LogP contribution is 2.27. The Hall–Kier alpha value is -2.38. The predicted octanol–water partition coefficient (Wildman–Crippen LogP) is 4.37. The fourth-order valence-electron chi connectivity index (χ4n) is 2.66. The molecular formula is C20H23ClN2O4S. The van der Waals surface area contributed by atoms with E-state index in [1.807, 2.05) is 13.8 Å². The van der Waals surface area contributed by atoms with E-state index in [2.05, 4.69) is 10.6 Å². The van der Waals surface area contributed by atoms with Gasteiger partial charge in [-0.05, 0) is 49.2 Å². The number of sulfone groups is 1. The fourth-order valence-corrected chi connectivity index (χ4v) is 3.56. The van der Waals surface area contributed by atoms with Crippen LogP contribution in [0.3, 0.4) is 0 Å². The molecule has 28 heavy (non-hydrogen) atoms. The van der Waals surface area contributed by atoms with Crippen LogP contribution in [0.4, 0.5) is 11.4 Å². The van der Waals surface area contributed by atoms with Crippen LogP contribution < -0.4 is 10.6 Å². The molecule has 0 aromatic heterocycles. The highest BCUT2D eigenvalue weighted by Gasteiger charge is 2.16. The van der Waals surface area contributed by atoms with Gasteiger partial charge in [0.25, 0.3) is 5.91 Å². The SMILES string of the molecule is CCC(CC)C(=O)Nc1ccc(NC(=O)c2cccc(S(C)(=O)=O)c2)c(Cl)c1. The van der Waals surface area contributed by atoms with Crippen LogP contribution in [0.15, 0.2) is 47.4 Å². The second-order valence-electron chi connectivity index (χ2n) is 6.45. The zero-order chi connectivity index (χ0) is 20.9. The Labute approximate surface area is 170 Å². The van der Waals surface area contributed by atoms with Crippen LogP contribution in [0, 0.1) is 5.92 Å². The van der Waals surface area contributed by atoms with Crippen molar-refractivity contribution in [3.05, 3.63) is 53.1 Å². The van der Waals surface area contributed by atoms with Gasteiger partial charge < -0.3 is 10.6 Å². The second-order valence-corrected chi connectivity index (χ2v) is 8.87. The molecule has 0 spiro atoms. The van der Waals surface area contributed by atoms with E-state index in [9.17, 15) is 18.0 Å². The van der Waals surface area contributed by atoms with Crippen molar-refractivity contribution < 1.29 is 18.0 Å². The number of halogens is 1. The lowest BCUT2D eigenvalue weighted by Gasteiger charge is -2.14. The van der Waals surface area contributed by atoms with Gasteiger partial charge in [-0.3, -0.25) is 9.59 Å². The zero-order valence-electron chi connectivity index (χ0n) is 16.0. The highest BCUT2D eigenvalue weighted by atomic mass is 35.5. The molecule has 0 aliphatic carbocycles. The minimum Gasteiger partial charge on any atom is -0.326 e. The lowest BCUT2D eigenvalue weighted by Crippen LogP contribution is -2.21. The molecule has 2 aromatic carbocycles. The van der Waals surface area contributed by atoms with Crippen LogP contribution in [0.2, 0.25) is 5.02 Å². The number of rotatable bonds is 7. The molecule has 0 aliphatic heterocycles. The minimum absolute atomic E-state index is 0.0608. The van der Waals surface area contributed by atoms with Gasteiger partial charge in [0.1, 0.15) is 0 Å². The van der Waals surface area contributed by atoms with Gasteiger partial charge in [-0.15, -0.1) is 0 Å². The Kier molecular flexibility index (Phi) is 7.21. The first kappa shape index (κ1) is 21.9. The minimum atomic E-state index is -3.41. The van der Waals surface area contributed by atoms with Gasteiger partial charge in [0.2, 0.25) is 5.91 Å². The summed E-state index contributed by atoms with van der Waals surface area (Å²) in [6.45, 7) is 3.91. The summed E-state index contributed by atoms with van der Waals surface area (Å²) >= 11 is 6.23. The average molecular weight is 423 g/mol. The Bertz CT molecular complexity index is 985. The number of benzene rings is 2. The van der Waals surface area contributed by atoms with Gasteiger partial charge in [0.05, 0.1) is 15.6 Å². The van der Waals surface area contributed by atoms with Crippen molar-refractivity contribution >= 4 is 44.6 Å². The third kappa shape index (κ3) is 5.56. The number of carbonyl (C=O) groups is 2. The van der Waals surface area contributed by atoms with Gasteiger partial charge in [0, 0.05) is 23.4 Å². The molecule has 6 nitrogen and oxygen atoms in total. The second kappa shape index (κ2) is 9.21. The molecule has 0 unspecified atom stereocenters. The molecule has 0 saturated carbocycles. The van der Waals surface area contributed by atoms with Crippen LogP contribution >= 0.6 is 11.6 Å². The van der Waals surface area contributed by atoms with E-state index in [0.717, 1.165) is 19.1 Å². The maximum Gasteiger partial charge on any atom is 0.255 e. The maximum absolute atomic E-state index is 12.4. The van der Waals surface area contributed by atoms with Crippen molar-refractivity contribution in [3.63, 3.8) is 0 Å². The lowest BCUT2D eigenvalue weighted by molar-refractivity contribution is -0.120. The molecule has 0 heterocycles. The van der Waals surface area contributed by atoms with Crippen molar-refractivity contribution in [1.82, 2.24) is 0 Å². The quantitative estimate of drug-likeness (QED) is 0.692. The summed E-state index contributed by atoms with van der Waals surface area (Å²) in [6, 6.07) is 10.5. The Morgan fingerprint density at radius 2 is 1.71 bits per heavy atom. The molecule has 0 radical (unpaired) electrons. The molecular weight excluding hydrogens is 400 g/mol. The third-order valence-electron chi connectivity index (χ3n) is 4.37. The predicted molar refractivity (Wildman–Crippen MR) is 112 cm³/mol. The number of amides is 2. The Morgan fingerprint density at radius 1 is 1.04 bits per heavy atom. The normalized spacial score (nSPS) is 11.3. The number of nitrogens with one attached hydrogen (secondary N) is 2. The molecule has 2 amide bonds. The lowest BCUT2D eigenvalue weighted by atomic mass is 10.0. The van der Waals surface area contributed by atoms with Crippen molar-refractivity contribution in [2.75, 3.05) is 16.9 Å². The van der Waals surface area contributed by atoms with Gasteiger partial charge >= 0.3 is 0 Å². The molecule has 8 heteroatoms. The number of anilines is 2. The molecule has 0 fully saturated rings. The van der Waals surface area contributed by atoms with E-state index in [0.29, 0.717) is 11.4 Å². The first-order valence-electron chi connectivity index (χ1n) is 8.87. The van der Waals surface area contributed by atoms with E-state index in [4.69, 9.17) is 11.6 Å². The largest absolute Gasteiger partial charge is 0.326 e. The van der Waals surface area contributed by atoms with Gasteiger partial charge in [-0.25, -0.2) is 8.42 Å². The van der Waals surface area contributed by atoms with Crippen molar-refractivity contribution in [2.45, 2.75) is 31.6 Å². The van der Waals surface area contributed by atoms with Crippen LogP contribution in [-0.4, -0.2) is 26.5 Å². The Balaban J connectivity index is 2.15. The van der Waals surface area contributed by atoms with Crippen molar-refractivity contribution in [2.24, 2.45) is 5.92 Å². The summed E-state index contributed by atoms with van der Waals surface area (Å²) in [5, 5.41) is 5.73. The smallest absolute Gasteiger partial charge is 0.255 e. The summed E-state index contributed by atoms with van der Waals surface area (Å²) in [5.41, 5.74) is 1.10. The van der Waals surface area contributed by atoms with Gasteiger partial charge in [-0.1, -0.05) is 31.5 Å². The molecule has 2 N–H and O–H groups in total. The summed E-state index contributed by atoms with van der Waals surface area (Å²) in [6.07, 6.45) is 2.57. The number of hydrogen-bond acceptors (Lipinski definition) is 4. The number of carbonyl (C=O) groups excluding carboxylic acids is 2. The van der Waals surface area contributed by atoms with Crippen LogP contribution in [0.5, 0.6) is 0 Å². The van der Waals surface area contributed by atoms with E-state index < -0.39 is 15.7 Å². The molecule has 2 aromatic rings. The van der Waals surface area contributed by atoms with E-state index in [1.165, 1.54) is 24.3 Å². The fraction of sp³-hybridized carbons (Fsp3) is 0.300. The first-order chi connectivity index (χ1) is 13.2. The van der Waals surface area contributed by atoms with E-state index in [1.54, 1.807) is 18.2 Å². The van der Waals surface area contributed by atoms with Gasteiger partial charge in [0.15, 0.2) is 9.84 Å². The van der Waals surface area contributed by atoms with Crippen molar-refractivity contribution in [3.8, 4) is 0 Å².